The summed E-state index contributed by atoms with van der Waals surface area (Å²) >= 11 is 0. The lowest BCUT2D eigenvalue weighted by Crippen LogP contribution is -2.05. The topological polar surface area (TPSA) is 20.2 Å². The second-order valence-corrected chi connectivity index (χ2v) is 4.61. The molecule has 16 heavy (non-hydrogen) atoms. The Balaban J connectivity index is 2.12. The first-order valence-electron chi connectivity index (χ1n) is 6.27. The first-order valence-corrected chi connectivity index (χ1v) is 6.27. The fourth-order valence-electron chi connectivity index (χ4n) is 2.48. The number of benzene rings is 1. The number of aliphatic hydroxyl groups excluding tert-OH is 1. The van der Waals surface area contributed by atoms with E-state index in [1.165, 1.54) is 32.1 Å². The second kappa shape index (κ2) is 5.86. The Bertz CT molecular complexity index is 334. The van der Waals surface area contributed by atoms with Crippen molar-refractivity contribution in [2.45, 2.75) is 32.1 Å². The van der Waals surface area contributed by atoms with Crippen LogP contribution in [-0.4, -0.2) is 11.7 Å². The number of hydrogen-bond acceptors (Lipinski definition) is 1. The van der Waals surface area contributed by atoms with E-state index in [1.54, 1.807) is 0 Å². The largest absolute Gasteiger partial charge is 0.392 e. The summed E-state index contributed by atoms with van der Waals surface area (Å²) in [6.07, 6.45) is 8.93. The molecule has 0 amide bonds. The molecule has 1 heteroatoms. The van der Waals surface area contributed by atoms with Crippen LogP contribution < -0.4 is 0 Å². The molecule has 0 bridgehead atoms. The Morgan fingerprint density at radius 2 is 1.81 bits per heavy atom. The Morgan fingerprint density at radius 3 is 2.44 bits per heavy atom. The summed E-state index contributed by atoms with van der Waals surface area (Å²) in [6.45, 7) is 0.153. The number of hydrogen-bond donors (Lipinski definition) is 1. The van der Waals surface area contributed by atoms with Gasteiger partial charge in [0.2, 0.25) is 0 Å². The van der Waals surface area contributed by atoms with Crippen molar-refractivity contribution in [2.24, 2.45) is 5.92 Å². The summed E-state index contributed by atoms with van der Waals surface area (Å²) in [4.78, 5) is 0. The normalized spacial score (nSPS) is 18.7. The Morgan fingerprint density at radius 1 is 1.12 bits per heavy atom. The van der Waals surface area contributed by atoms with E-state index in [1.807, 2.05) is 18.2 Å². The molecule has 1 aliphatic carbocycles. The van der Waals surface area contributed by atoms with E-state index in [0.29, 0.717) is 5.92 Å². The molecule has 1 saturated carbocycles. The maximum Gasteiger partial charge on any atom is 0.0684 e. The average molecular weight is 216 g/mol. The van der Waals surface area contributed by atoms with Crippen LogP contribution in [-0.2, 0) is 0 Å². The zero-order valence-electron chi connectivity index (χ0n) is 9.73. The van der Waals surface area contributed by atoms with Gasteiger partial charge in [-0.3, -0.25) is 0 Å². The van der Waals surface area contributed by atoms with E-state index in [-0.39, 0.29) is 6.61 Å². The molecule has 1 aromatic carbocycles. The lowest BCUT2D eigenvalue weighted by molar-refractivity contribution is 0.347. The van der Waals surface area contributed by atoms with Crippen molar-refractivity contribution < 1.29 is 5.11 Å². The quantitative estimate of drug-likeness (QED) is 0.817. The highest BCUT2D eigenvalue weighted by atomic mass is 16.3. The van der Waals surface area contributed by atoms with Gasteiger partial charge in [-0.2, -0.15) is 0 Å². The monoisotopic (exact) mass is 216 g/mol. The predicted molar refractivity (Wildman–Crippen MR) is 68.1 cm³/mol. The molecule has 0 aromatic heterocycles. The molecule has 1 N–H and O–H groups in total. The maximum atomic E-state index is 9.44. The first-order chi connectivity index (χ1) is 7.90. The van der Waals surface area contributed by atoms with Gasteiger partial charge in [0.05, 0.1) is 6.61 Å². The van der Waals surface area contributed by atoms with Crippen LogP contribution in [0.5, 0.6) is 0 Å². The van der Waals surface area contributed by atoms with Crippen LogP contribution in [0.4, 0.5) is 0 Å². The van der Waals surface area contributed by atoms with Crippen LogP contribution in [0.25, 0.3) is 5.57 Å². The molecule has 0 saturated heterocycles. The third-order valence-corrected chi connectivity index (χ3v) is 3.40. The van der Waals surface area contributed by atoms with Crippen molar-refractivity contribution in [3.63, 3.8) is 0 Å². The fraction of sp³-hybridized carbons (Fsp3) is 0.467. The Hall–Kier alpha value is -1.08. The van der Waals surface area contributed by atoms with Gasteiger partial charge < -0.3 is 5.11 Å². The van der Waals surface area contributed by atoms with Crippen LogP contribution >= 0.6 is 0 Å². The molecule has 0 radical (unpaired) electrons. The zero-order valence-corrected chi connectivity index (χ0v) is 9.73. The van der Waals surface area contributed by atoms with Crippen molar-refractivity contribution in [2.75, 3.05) is 6.61 Å². The lowest BCUT2D eigenvalue weighted by atomic mass is 9.87. The minimum Gasteiger partial charge on any atom is -0.392 e. The molecule has 1 aliphatic rings. The molecule has 0 atom stereocenters. The molecule has 86 valence electrons. The third kappa shape index (κ3) is 2.96. The van der Waals surface area contributed by atoms with Crippen molar-refractivity contribution in [3.8, 4) is 0 Å². The van der Waals surface area contributed by atoms with E-state index in [9.17, 15) is 5.11 Å². The van der Waals surface area contributed by atoms with Crippen LogP contribution in [0.3, 0.4) is 0 Å². The van der Waals surface area contributed by atoms with E-state index < -0.39 is 0 Å². The molecule has 1 fully saturated rings. The van der Waals surface area contributed by atoms with Crippen molar-refractivity contribution >= 4 is 5.57 Å². The zero-order chi connectivity index (χ0) is 11.2. The van der Waals surface area contributed by atoms with Gasteiger partial charge in [0, 0.05) is 0 Å². The lowest BCUT2D eigenvalue weighted by Gasteiger charge is -2.19. The number of aliphatic hydroxyl groups is 1. The summed E-state index contributed by atoms with van der Waals surface area (Å²) in [5.41, 5.74) is 2.25. The summed E-state index contributed by atoms with van der Waals surface area (Å²) in [5, 5.41) is 9.44. The highest BCUT2D eigenvalue weighted by Gasteiger charge is 2.12. The SMILES string of the molecule is OCC(=CC1CCCCC1)c1ccccc1. The summed E-state index contributed by atoms with van der Waals surface area (Å²) in [7, 11) is 0. The van der Waals surface area contributed by atoms with Gasteiger partial charge in [0.1, 0.15) is 0 Å². The predicted octanol–water partition coefficient (Wildman–Crippen LogP) is 3.64. The van der Waals surface area contributed by atoms with Gasteiger partial charge in [-0.05, 0) is 29.9 Å². The van der Waals surface area contributed by atoms with Crippen molar-refractivity contribution in [1.82, 2.24) is 0 Å². The minimum absolute atomic E-state index is 0.153. The molecule has 2 rings (SSSR count). The molecule has 0 spiro atoms. The van der Waals surface area contributed by atoms with Crippen LogP contribution in [0, 0.1) is 5.92 Å². The van der Waals surface area contributed by atoms with Gasteiger partial charge in [-0.15, -0.1) is 0 Å². The summed E-state index contributed by atoms with van der Waals surface area (Å²) < 4.78 is 0. The molecule has 1 aromatic rings. The molecular weight excluding hydrogens is 196 g/mol. The highest BCUT2D eigenvalue weighted by molar-refractivity contribution is 5.66. The Kier molecular flexibility index (Phi) is 4.17. The van der Waals surface area contributed by atoms with Crippen LogP contribution in [0.2, 0.25) is 0 Å². The smallest absolute Gasteiger partial charge is 0.0684 e. The van der Waals surface area contributed by atoms with Crippen LogP contribution in [0.1, 0.15) is 37.7 Å². The highest BCUT2D eigenvalue weighted by Crippen LogP contribution is 2.27. The van der Waals surface area contributed by atoms with E-state index >= 15 is 0 Å². The minimum atomic E-state index is 0.153. The molecule has 0 heterocycles. The Labute approximate surface area is 97.8 Å². The average Bonchev–Trinajstić information content (AvgIpc) is 2.38. The molecule has 0 aliphatic heterocycles. The van der Waals surface area contributed by atoms with E-state index in [2.05, 4.69) is 18.2 Å². The molecular formula is C15H20O. The van der Waals surface area contributed by atoms with Gasteiger partial charge in [0.15, 0.2) is 0 Å². The number of rotatable bonds is 3. The van der Waals surface area contributed by atoms with Crippen molar-refractivity contribution in [3.05, 3.63) is 42.0 Å². The third-order valence-electron chi connectivity index (χ3n) is 3.40. The summed E-state index contributed by atoms with van der Waals surface area (Å²) in [5.74, 6) is 0.677. The standard InChI is InChI=1S/C15H20O/c16-12-15(14-9-5-2-6-10-14)11-13-7-3-1-4-8-13/h2,5-6,9-11,13,16H,1,3-4,7-8,12H2. The summed E-state index contributed by atoms with van der Waals surface area (Å²) in [6, 6.07) is 10.2. The van der Waals surface area contributed by atoms with Gasteiger partial charge >= 0.3 is 0 Å². The molecule has 0 unspecified atom stereocenters. The fourth-order valence-corrected chi connectivity index (χ4v) is 2.48. The van der Waals surface area contributed by atoms with E-state index in [0.717, 1.165) is 11.1 Å². The van der Waals surface area contributed by atoms with Gasteiger partial charge in [-0.25, -0.2) is 0 Å². The van der Waals surface area contributed by atoms with Crippen molar-refractivity contribution in [1.29, 1.82) is 0 Å². The maximum absolute atomic E-state index is 9.44. The van der Waals surface area contributed by atoms with E-state index in [4.69, 9.17) is 0 Å². The molecule has 1 nitrogen and oxygen atoms in total. The van der Waals surface area contributed by atoms with Gasteiger partial charge in [-0.1, -0.05) is 55.7 Å². The second-order valence-electron chi connectivity index (χ2n) is 4.61. The number of allylic oxidation sites excluding steroid dienone is 1. The van der Waals surface area contributed by atoms with Gasteiger partial charge in [0.25, 0.3) is 0 Å². The van der Waals surface area contributed by atoms with Crippen LogP contribution in [0.15, 0.2) is 36.4 Å². The first kappa shape index (κ1) is 11.4.